The second kappa shape index (κ2) is 9.07. The van der Waals surface area contributed by atoms with E-state index >= 15 is 0 Å². The molecule has 0 saturated carbocycles. The maximum Gasteiger partial charge on any atom is 0.291 e. The van der Waals surface area contributed by atoms with Crippen molar-refractivity contribution in [2.24, 2.45) is 0 Å². The molecule has 3 heterocycles. The number of benzene rings is 3. The SMILES string of the molecule is CCn1nc(-c2ccccc2)cc(N(c2cccc3ncccc23)c2cccc3ncccc23)c1=O. The molecule has 6 rings (SSSR count). The first kappa shape index (κ1) is 21.7. The van der Waals surface area contributed by atoms with Gasteiger partial charge in [0.05, 0.1) is 28.1 Å². The fourth-order valence-electron chi connectivity index (χ4n) is 4.61. The lowest BCUT2D eigenvalue weighted by atomic mass is 10.1. The van der Waals surface area contributed by atoms with Gasteiger partial charge in [-0.15, -0.1) is 0 Å². The molecule has 0 radical (unpaired) electrons. The Labute approximate surface area is 208 Å². The number of anilines is 3. The highest BCUT2D eigenvalue weighted by molar-refractivity contribution is 6.03. The molecule has 0 fully saturated rings. The zero-order chi connectivity index (χ0) is 24.5. The van der Waals surface area contributed by atoms with E-state index in [0.29, 0.717) is 12.2 Å². The quantitative estimate of drug-likeness (QED) is 0.288. The summed E-state index contributed by atoms with van der Waals surface area (Å²) in [6.07, 6.45) is 3.56. The average Bonchev–Trinajstić information content (AvgIpc) is 2.95. The minimum atomic E-state index is -0.168. The Bertz CT molecular complexity index is 1670. The van der Waals surface area contributed by atoms with Crippen molar-refractivity contribution in [2.75, 3.05) is 4.90 Å². The Kier molecular flexibility index (Phi) is 5.46. The van der Waals surface area contributed by atoms with Crippen molar-refractivity contribution < 1.29 is 0 Å². The molecule has 0 amide bonds. The Morgan fingerprint density at radius 3 is 1.89 bits per heavy atom. The first-order chi connectivity index (χ1) is 17.7. The molecule has 0 atom stereocenters. The third-order valence-corrected chi connectivity index (χ3v) is 6.29. The summed E-state index contributed by atoms with van der Waals surface area (Å²) < 4.78 is 1.53. The second-order valence-electron chi connectivity index (χ2n) is 8.43. The largest absolute Gasteiger partial charge is 0.304 e. The fraction of sp³-hybridized carbons (Fsp3) is 0.0667. The van der Waals surface area contributed by atoms with Gasteiger partial charge in [-0.3, -0.25) is 14.8 Å². The van der Waals surface area contributed by atoms with Gasteiger partial charge < -0.3 is 4.90 Å². The van der Waals surface area contributed by atoms with Crippen LogP contribution in [0, 0.1) is 0 Å². The Morgan fingerprint density at radius 1 is 0.694 bits per heavy atom. The van der Waals surface area contributed by atoms with Gasteiger partial charge in [0.15, 0.2) is 0 Å². The lowest BCUT2D eigenvalue weighted by Gasteiger charge is -2.27. The van der Waals surface area contributed by atoms with E-state index in [4.69, 9.17) is 0 Å². The van der Waals surface area contributed by atoms with Gasteiger partial charge in [-0.25, -0.2) is 4.68 Å². The lowest BCUT2D eigenvalue weighted by molar-refractivity contribution is 0.619. The van der Waals surface area contributed by atoms with Crippen LogP contribution in [0.2, 0.25) is 0 Å². The van der Waals surface area contributed by atoms with Crippen LogP contribution in [0.25, 0.3) is 33.1 Å². The minimum Gasteiger partial charge on any atom is -0.304 e. The van der Waals surface area contributed by atoms with Crippen LogP contribution in [0.5, 0.6) is 0 Å². The molecule has 6 heteroatoms. The van der Waals surface area contributed by atoms with Crippen molar-refractivity contribution >= 4 is 38.9 Å². The van der Waals surface area contributed by atoms with Crippen molar-refractivity contribution in [2.45, 2.75) is 13.5 Å². The first-order valence-electron chi connectivity index (χ1n) is 11.9. The Morgan fingerprint density at radius 2 is 1.31 bits per heavy atom. The van der Waals surface area contributed by atoms with Crippen LogP contribution in [0.3, 0.4) is 0 Å². The molecule has 0 spiro atoms. The van der Waals surface area contributed by atoms with Crippen molar-refractivity contribution in [3.8, 4) is 11.3 Å². The van der Waals surface area contributed by atoms with Crippen LogP contribution in [0.1, 0.15) is 6.92 Å². The van der Waals surface area contributed by atoms with Crippen LogP contribution >= 0.6 is 0 Å². The minimum absolute atomic E-state index is 0.168. The molecule has 0 aliphatic rings. The summed E-state index contributed by atoms with van der Waals surface area (Å²) in [7, 11) is 0. The number of pyridine rings is 2. The molecule has 0 N–H and O–H groups in total. The Balaban J connectivity index is 1.72. The van der Waals surface area contributed by atoms with Crippen LogP contribution < -0.4 is 10.5 Å². The van der Waals surface area contributed by atoms with E-state index in [9.17, 15) is 4.79 Å². The van der Waals surface area contributed by atoms with Crippen molar-refractivity contribution in [1.29, 1.82) is 0 Å². The van der Waals surface area contributed by atoms with Gasteiger partial charge in [-0.05, 0) is 61.5 Å². The summed E-state index contributed by atoms with van der Waals surface area (Å²) in [6.45, 7) is 2.38. The molecular weight excluding hydrogens is 446 g/mol. The van der Waals surface area contributed by atoms with E-state index in [1.807, 2.05) is 109 Å². The fourth-order valence-corrected chi connectivity index (χ4v) is 4.61. The second-order valence-corrected chi connectivity index (χ2v) is 8.43. The normalized spacial score (nSPS) is 11.1. The predicted molar refractivity (Wildman–Crippen MR) is 145 cm³/mol. The third kappa shape index (κ3) is 3.69. The molecule has 0 aliphatic carbocycles. The van der Waals surface area contributed by atoms with Gasteiger partial charge in [0.1, 0.15) is 5.69 Å². The number of aromatic nitrogens is 4. The number of nitrogens with zero attached hydrogens (tertiary/aromatic N) is 5. The molecule has 36 heavy (non-hydrogen) atoms. The van der Waals surface area contributed by atoms with Gasteiger partial charge in [0.2, 0.25) is 0 Å². The molecule has 6 aromatic rings. The number of rotatable bonds is 5. The Hall–Kier alpha value is -4.84. The topological polar surface area (TPSA) is 63.9 Å². The summed E-state index contributed by atoms with van der Waals surface area (Å²) in [6, 6.07) is 31.7. The summed E-state index contributed by atoms with van der Waals surface area (Å²) >= 11 is 0. The third-order valence-electron chi connectivity index (χ3n) is 6.29. The smallest absolute Gasteiger partial charge is 0.291 e. The molecule has 0 unspecified atom stereocenters. The van der Waals surface area contributed by atoms with Crippen LogP contribution in [0.15, 0.2) is 114 Å². The maximum absolute atomic E-state index is 13.9. The van der Waals surface area contributed by atoms with E-state index in [1.165, 1.54) is 4.68 Å². The van der Waals surface area contributed by atoms with E-state index in [2.05, 4.69) is 15.1 Å². The molecule has 0 saturated heterocycles. The van der Waals surface area contributed by atoms with Crippen molar-refractivity contribution in [1.82, 2.24) is 19.7 Å². The average molecular weight is 470 g/mol. The molecule has 0 bridgehead atoms. The highest BCUT2D eigenvalue weighted by Gasteiger charge is 2.22. The van der Waals surface area contributed by atoms with E-state index in [1.54, 1.807) is 12.4 Å². The number of hydrogen-bond acceptors (Lipinski definition) is 5. The zero-order valence-electron chi connectivity index (χ0n) is 19.7. The standard InChI is InChI=1S/C30H23N5O/c1-2-34-30(36)29(20-26(33-34)21-10-4-3-5-11-21)35(27-16-6-14-24-22(27)12-8-18-31-24)28-17-7-15-25-23(28)13-9-19-32-25/h3-20H,2H2,1H3. The molecule has 3 aromatic heterocycles. The number of hydrogen-bond donors (Lipinski definition) is 0. The van der Waals surface area contributed by atoms with Crippen molar-refractivity contribution in [3.63, 3.8) is 0 Å². The van der Waals surface area contributed by atoms with Crippen LogP contribution in [-0.2, 0) is 6.54 Å². The number of fused-ring (bicyclic) bond motifs is 2. The first-order valence-corrected chi connectivity index (χ1v) is 11.9. The van der Waals surface area contributed by atoms with Gasteiger partial charge in [-0.2, -0.15) is 5.10 Å². The molecule has 3 aromatic carbocycles. The predicted octanol–water partition coefficient (Wildman–Crippen LogP) is 6.50. The summed E-state index contributed by atoms with van der Waals surface area (Å²) in [5, 5.41) is 6.56. The molecule has 174 valence electrons. The molecule has 6 nitrogen and oxygen atoms in total. The van der Waals surface area contributed by atoms with Crippen molar-refractivity contribution in [3.05, 3.63) is 120 Å². The highest BCUT2D eigenvalue weighted by Crippen LogP contribution is 2.40. The highest BCUT2D eigenvalue weighted by atomic mass is 16.1. The maximum atomic E-state index is 13.9. The summed E-state index contributed by atoms with van der Waals surface area (Å²) in [5.41, 5.74) is 5.45. The summed E-state index contributed by atoms with van der Waals surface area (Å²) in [4.78, 5) is 25.0. The van der Waals surface area contributed by atoms with Crippen LogP contribution in [0.4, 0.5) is 17.1 Å². The zero-order valence-corrected chi connectivity index (χ0v) is 19.7. The lowest BCUT2D eigenvalue weighted by Crippen LogP contribution is -2.28. The van der Waals surface area contributed by atoms with E-state index < -0.39 is 0 Å². The molecule has 0 aliphatic heterocycles. The van der Waals surface area contributed by atoms with E-state index in [-0.39, 0.29) is 5.56 Å². The number of aryl methyl sites for hydroxylation is 1. The van der Waals surface area contributed by atoms with Gasteiger partial charge in [0.25, 0.3) is 5.56 Å². The van der Waals surface area contributed by atoms with Gasteiger partial charge >= 0.3 is 0 Å². The van der Waals surface area contributed by atoms with E-state index in [0.717, 1.165) is 44.4 Å². The van der Waals surface area contributed by atoms with Gasteiger partial charge in [0, 0.05) is 35.3 Å². The monoisotopic (exact) mass is 469 g/mol. The van der Waals surface area contributed by atoms with Gasteiger partial charge in [-0.1, -0.05) is 42.5 Å². The molecular formula is C30H23N5O. The summed E-state index contributed by atoms with van der Waals surface area (Å²) in [5.74, 6) is 0. The van der Waals surface area contributed by atoms with Crippen LogP contribution in [-0.4, -0.2) is 19.7 Å².